The van der Waals surface area contributed by atoms with E-state index >= 15 is 0 Å². The number of fused-ring (bicyclic) bond motifs is 1. The van der Waals surface area contributed by atoms with Crippen molar-refractivity contribution in [2.45, 2.75) is 0 Å². The molecule has 0 amide bonds. The van der Waals surface area contributed by atoms with Gasteiger partial charge < -0.3 is 9.94 Å². The molecule has 0 unspecified atom stereocenters. The van der Waals surface area contributed by atoms with Crippen molar-refractivity contribution < 1.29 is 14.7 Å². The maximum absolute atomic E-state index is 11.8. The number of rotatable bonds is 3. The standard InChI is InChI=1S/C16H11Cl2N3O3S/c1-24-16(22)14(21-23)11-7-19-13(8-4-2-3-5-10(8)17)9-6-12(18)25-15(9)20-11/h2-6,23H,7H2,1H3. The quantitative estimate of drug-likeness (QED) is 0.369. The van der Waals surface area contributed by atoms with Crippen LogP contribution in [0.3, 0.4) is 0 Å². The van der Waals surface area contributed by atoms with Gasteiger partial charge >= 0.3 is 5.97 Å². The average Bonchev–Trinajstić information content (AvgIpc) is 2.88. The topological polar surface area (TPSA) is 83.6 Å². The first-order valence-electron chi connectivity index (χ1n) is 7.02. The van der Waals surface area contributed by atoms with Crippen molar-refractivity contribution in [1.29, 1.82) is 0 Å². The predicted molar refractivity (Wildman–Crippen MR) is 99.6 cm³/mol. The second kappa shape index (κ2) is 7.35. The van der Waals surface area contributed by atoms with E-state index in [1.807, 2.05) is 18.2 Å². The van der Waals surface area contributed by atoms with Crippen molar-refractivity contribution >= 4 is 62.6 Å². The molecule has 1 aromatic heterocycles. The Labute approximate surface area is 157 Å². The minimum Gasteiger partial charge on any atom is -0.464 e. The van der Waals surface area contributed by atoms with Crippen LogP contribution >= 0.6 is 34.5 Å². The fourth-order valence-electron chi connectivity index (χ4n) is 2.33. The molecule has 2 heterocycles. The van der Waals surface area contributed by atoms with Crippen LogP contribution in [0.5, 0.6) is 0 Å². The Bertz CT molecular complexity index is 934. The summed E-state index contributed by atoms with van der Waals surface area (Å²) >= 11 is 13.7. The summed E-state index contributed by atoms with van der Waals surface area (Å²) in [5, 5.41) is 13.2. The zero-order chi connectivity index (χ0) is 18.0. The van der Waals surface area contributed by atoms with Crippen LogP contribution in [0.1, 0.15) is 11.1 Å². The minimum absolute atomic E-state index is 0.0219. The molecule has 0 saturated carbocycles. The smallest absolute Gasteiger partial charge is 0.362 e. The van der Waals surface area contributed by atoms with Gasteiger partial charge in [-0.05, 0) is 12.1 Å². The van der Waals surface area contributed by atoms with Crippen LogP contribution < -0.4 is 0 Å². The average molecular weight is 396 g/mol. The van der Waals surface area contributed by atoms with Crippen molar-refractivity contribution in [1.82, 2.24) is 0 Å². The molecule has 1 aliphatic rings. The third-order valence-electron chi connectivity index (χ3n) is 3.44. The van der Waals surface area contributed by atoms with Crippen molar-refractivity contribution in [3.05, 3.63) is 50.8 Å². The van der Waals surface area contributed by atoms with E-state index in [0.717, 1.165) is 5.56 Å². The van der Waals surface area contributed by atoms with Crippen molar-refractivity contribution in [3.63, 3.8) is 0 Å². The number of benzene rings is 1. The predicted octanol–water partition coefficient (Wildman–Crippen LogP) is 3.98. The van der Waals surface area contributed by atoms with Crippen LogP contribution in [0.25, 0.3) is 0 Å². The zero-order valence-corrected chi connectivity index (χ0v) is 15.2. The number of ether oxygens (including phenoxy) is 1. The molecule has 0 atom stereocenters. The first kappa shape index (κ1) is 17.6. The highest BCUT2D eigenvalue weighted by atomic mass is 35.5. The lowest BCUT2D eigenvalue weighted by Crippen LogP contribution is -2.27. The molecule has 0 aliphatic carbocycles. The lowest BCUT2D eigenvalue weighted by Gasteiger charge is -2.07. The monoisotopic (exact) mass is 395 g/mol. The normalized spacial score (nSPS) is 14.3. The summed E-state index contributed by atoms with van der Waals surface area (Å²) in [6, 6.07) is 9.00. The fourth-order valence-corrected chi connectivity index (χ4v) is 3.66. The fraction of sp³-hybridized carbons (Fsp3) is 0.125. The molecule has 3 rings (SSSR count). The molecule has 0 spiro atoms. The van der Waals surface area contributed by atoms with Crippen LogP contribution in [0, 0.1) is 0 Å². The number of oxime groups is 1. The van der Waals surface area contributed by atoms with Crippen molar-refractivity contribution in [2.75, 3.05) is 13.7 Å². The van der Waals surface area contributed by atoms with Gasteiger partial charge in [0, 0.05) is 16.1 Å². The lowest BCUT2D eigenvalue weighted by molar-refractivity contribution is -0.132. The third kappa shape index (κ3) is 3.44. The van der Waals surface area contributed by atoms with Gasteiger partial charge in [-0.1, -0.05) is 46.6 Å². The van der Waals surface area contributed by atoms with Crippen molar-refractivity contribution in [2.24, 2.45) is 15.1 Å². The van der Waals surface area contributed by atoms with Crippen LogP contribution in [-0.4, -0.2) is 42.0 Å². The third-order valence-corrected chi connectivity index (χ3v) is 4.93. The highest BCUT2D eigenvalue weighted by molar-refractivity contribution is 7.20. The number of carbonyl (C=O) groups excluding carboxylic acids is 1. The first-order valence-corrected chi connectivity index (χ1v) is 8.59. The van der Waals surface area contributed by atoms with Gasteiger partial charge in [-0.15, -0.1) is 11.3 Å². The molecule has 0 saturated heterocycles. The number of nitrogens with zero attached hydrogens (tertiary/aromatic N) is 3. The van der Waals surface area contributed by atoms with Crippen molar-refractivity contribution in [3.8, 4) is 0 Å². The number of halogens is 2. The molecule has 1 aliphatic heterocycles. The van der Waals surface area contributed by atoms with Gasteiger partial charge in [-0.25, -0.2) is 9.79 Å². The van der Waals surface area contributed by atoms with Gasteiger partial charge in [0.1, 0.15) is 10.7 Å². The van der Waals surface area contributed by atoms with E-state index in [-0.39, 0.29) is 18.0 Å². The summed E-state index contributed by atoms with van der Waals surface area (Å²) < 4.78 is 5.13. The van der Waals surface area contributed by atoms with Crippen LogP contribution in [-0.2, 0) is 9.53 Å². The summed E-state index contributed by atoms with van der Waals surface area (Å²) in [6.07, 6.45) is 0. The van der Waals surface area contributed by atoms with Crippen LogP contribution in [0.15, 0.2) is 45.5 Å². The minimum atomic E-state index is -0.804. The summed E-state index contributed by atoms with van der Waals surface area (Å²) in [5.41, 5.74) is 1.89. The van der Waals surface area contributed by atoms with Gasteiger partial charge in [-0.2, -0.15) is 0 Å². The number of hydrogen-bond donors (Lipinski definition) is 1. The van der Waals surface area contributed by atoms with E-state index in [0.29, 0.717) is 25.6 Å². The molecule has 25 heavy (non-hydrogen) atoms. The van der Waals surface area contributed by atoms with Gasteiger partial charge in [0.2, 0.25) is 5.71 Å². The Morgan fingerprint density at radius 1 is 1.32 bits per heavy atom. The molecule has 1 aromatic carbocycles. The highest BCUT2D eigenvalue weighted by Gasteiger charge is 2.26. The second-order valence-corrected chi connectivity index (χ2v) is 6.98. The van der Waals surface area contributed by atoms with E-state index in [1.54, 1.807) is 12.1 Å². The van der Waals surface area contributed by atoms with E-state index in [2.05, 4.69) is 19.9 Å². The number of hydrogen-bond acceptors (Lipinski definition) is 7. The molecule has 6 nitrogen and oxygen atoms in total. The molecule has 0 fully saturated rings. The van der Waals surface area contributed by atoms with E-state index < -0.39 is 5.97 Å². The van der Waals surface area contributed by atoms with E-state index in [1.165, 1.54) is 18.4 Å². The van der Waals surface area contributed by atoms with Gasteiger partial charge in [0.05, 0.1) is 23.7 Å². The van der Waals surface area contributed by atoms with Gasteiger partial charge in [0.25, 0.3) is 0 Å². The molecule has 0 bridgehead atoms. The summed E-state index contributed by atoms with van der Waals surface area (Å²) in [7, 11) is 1.19. The molecular weight excluding hydrogens is 385 g/mol. The van der Waals surface area contributed by atoms with Crippen LogP contribution in [0.4, 0.5) is 5.00 Å². The van der Waals surface area contributed by atoms with E-state index in [9.17, 15) is 4.79 Å². The Morgan fingerprint density at radius 3 is 2.76 bits per heavy atom. The Morgan fingerprint density at radius 2 is 2.08 bits per heavy atom. The lowest BCUT2D eigenvalue weighted by atomic mass is 10.0. The number of carbonyl (C=O) groups is 1. The molecular formula is C16H11Cl2N3O3S. The summed E-state index contributed by atoms with van der Waals surface area (Å²) in [6.45, 7) is 0.0219. The second-order valence-electron chi connectivity index (χ2n) is 4.91. The largest absolute Gasteiger partial charge is 0.464 e. The molecule has 0 radical (unpaired) electrons. The van der Waals surface area contributed by atoms with Gasteiger partial charge in [-0.3, -0.25) is 4.99 Å². The SMILES string of the molecule is COC(=O)C(=NO)C1=Nc2sc(Cl)cc2C(c2ccccc2Cl)=NC1. The zero-order valence-electron chi connectivity index (χ0n) is 12.9. The maximum atomic E-state index is 11.8. The Balaban J connectivity index is 2.15. The highest BCUT2D eigenvalue weighted by Crippen LogP contribution is 2.38. The Hall–Kier alpha value is -2.22. The molecule has 2 aromatic rings. The number of esters is 1. The van der Waals surface area contributed by atoms with Crippen LogP contribution in [0.2, 0.25) is 9.36 Å². The molecule has 1 N–H and O–H groups in total. The van der Waals surface area contributed by atoms with E-state index in [4.69, 9.17) is 28.4 Å². The molecule has 128 valence electrons. The first-order chi connectivity index (χ1) is 12.0. The van der Waals surface area contributed by atoms with Gasteiger partial charge in [0.15, 0.2) is 0 Å². The molecule has 9 heteroatoms. The number of aliphatic imine (C=N–C) groups is 2. The summed E-state index contributed by atoms with van der Waals surface area (Å²) in [5.74, 6) is -0.804. The number of thiophene rings is 1. The number of methoxy groups -OCH3 is 1. The summed E-state index contributed by atoms with van der Waals surface area (Å²) in [4.78, 5) is 20.7. The Kier molecular flexibility index (Phi) is 5.17. The maximum Gasteiger partial charge on any atom is 0.362 e.